The van der Waals surface area contributed by atoms with Crippen molar-refractivity contribution in [2.45, 2.75) is 40.2 Å². The predicted molar refractivity (Wildman–Crippen MR) is 76.9 cm³/mol. The molecule has 99 valence electrons. The average Bonchev–Trinajstić information content (AvgIpc) is 3.06. The van der Waals surface area contributed by atoms with E-state index in [1.807, 2.05) is 6.07 Å². The molecule has 0 aromatic heterocycles. The maximum absolute atomic E-state index is 9.31. The summed E-state index contributed by atoms with van der Waals surface area (Å²) < 4.78 is 0. The van der Waals surface area contributed by atoms with Crippen molar-refractivity contribution in [1.82, 2.24) is 0 Å². The van der Waals surface area contributed by atoms with Crippen molar-refractivity contribution >= 4 is 23.2 Å². The Balaban J connectivity index is 2.50. The van der Waals surface area contributed by atoms with Gasteiger partial charge >= 0.3 is 0 Å². The van der Waals surface area contributed by atoms with Crippen molar-refractivity contribution < 1.29 is 5.11 Å². The van der Waals surface area contributed by atoms with E-state index in [0.29, 0.717) is 16.0 Å². The van der Waals surface area contributed by atoms with Gasteiger partial charge < -0.3 is 5.11 Å². The summed E-state index contributed by atoms with van der Waals surface area (Å²) in [5, 5.41) is 10.4. The Bertz CT molecular complexity index is 445. The standard InChI is InChI=1S/C15H19Cl2O/c1-15(2,3)13(10-4-5-10)11-6-9(8-18)7-12(16)14(11)17/h6-7,10,18H,4-5,8H2,1-3H3. The van der Waals surface area contributed by atoms with Crippen molar-refractivity contribution in [3.8, 4) is 0 Å². The molecule has 1 nitrogen and oxygen atoms in total. The molecule has 1 saturated carbocycles. The summed E-state index contributed by atoms with van der Waals surface area (Å²) in [4.78, 5) is 0. The quantitative estimate of drug-likeness (QED) is 0.841. The lowest BCUT2D eigenvalue weighted by molar-refractivity contribution is 0.281. The van der Waals surface area contributed by atoms with Gasteiger partial charge in [-0.3, -0.25) is 0 Å². The van der Waals surface area contributed by atoms with Gasteiger partial charge in [0.1, 0.15) is 0 Å². The van der Waals surface area contributed by atoms with Gasteiger partial charge in [-0.25, -0.2) is 0 Å². The van der Waals surface area contributed by atoms with Gasteiger partial charge in [0.25, 0.3) is 0 Å². The molecule has 0 atom stereocenters. The van der Waals surface area contributed by atoms with Gasteiger partial charge in [0.15, 0.2) is 0 Å². The smallest absolute Gasteiger partial charge is 0.0682 e. The third-order valence-electron chi connectivity index (χ3n) is 3.35. The van der Waals surface area contributed by atoms with E-state index < -0.39 is 0 Å². The number of aliphatic hydroxyl groups is 1. The molecule has 0 bridgehead atoms. The zero-order valence-corrected chi connectivity index (χ0v) is 12.6. The van der Waals surface area contributed by atoms with Crippen LogP contribution in [0.1, 0.15) is 44.7 Å². The lowest BCUT2D eigenvalue weighted by Crippen LogP contribution is -2.22. The number of aliphatic hydroxyl groups excluding tert-OH is 1. The molecular formula is C15H19Cl2O. The monoisotopic (exact) mass is 285 g/mol. The van der Waals surface area contributed by atoms with Crippen LogP contribution in [-0.2, 0) is 6.61 Å². The Morgan fingerprint density at radius 1 is 1.28 bits per heavy atom. The normalized spacial score (nSPS) is 16.4. The molecule has 0 aliphatic heterocycles. The van der Waals surface area contributed by atoms with Gasteiger partial charge in [-0.05, 0) is 41.4 Å². The van der Waals surface area contributed by atoms with Crippen LogP contribution in [0.15, 0.2) is 12.1 Å². The lowest BCUT2D eigenvalue weighted by atomic mass is 9.73. The van der Waals surface area contributed by atoms with E-state index in [2.05, 4.69) is 20.8 Å². The van der Waals surface area contributed by atoms with E-state index in [1.165, 1.54) is 18.8 Å². The Kier molecular flexibility index (Phi) is 3.96. The molecule has 2 rings (SSSR count). The molecule has 1 aromatic carbocycles. The van der Waals surface area contributed by atoms with Crippen molar-refractivity contribution in [1.29, 1.82) is 0 Å². The van der Waals surface area contributed by atoms with Crippen LogP contribution in [0.5, 0.6) is 0 Å². The summed E-state index contributed by atoms with van der Waals surface area (Å²) in [6.45, 7) is 6.61. The fourth-order valence-electron chi connectivity index (χ4n) is 2.54. The van der Waals surface area contributed by atoms with Crippen molar-refractivity contribution in [3.05, 3.63) is 39.2 Å². The maximum Gasteiger partial charge on any atom is 0.0682 e. The molecule has 1 radical (unpaired) electrons. The van der Waals surface area contributed by atoms with Crippen molar-refractivity contribution in [2.75, 3.05) is 0 Å². The molecule has 0 spiro atoms. The fraction of sp³-hybridized carbons (Fsp3) is 0.533. The minimum Gasteiger partial charge on any atom is -0.392 e. The summed E-state index contributed by atoms with van der Waals surface area (Å²) in [5.41, 5.74) is 1.91. The molecule has 0 heterocycles. The van der Waals surface area contributed by atoms with E-state index in [9.17, 15) is 5.11 Å². The van der Waals surface area contributed by atoms with E-state index in [1.54, 1.807) is 6.07 Å². The molecule has 1 aliphatic carbocycles. The summed E-state index contributed by atoms with van der Waals surface area (Å²) in [6.07, 6.45) is 2.45. The zero-order valence-electron chi connectivity index (χ0n) is 11.1. The number of hydrogen-bond donors (Lipinski definition) is 1. The van der Waals surface area contributed by atoms with Crippen LogP contribution in [0.25, 0.3) is 0 Å². The minimum atomic E-state index is -0.00796. The molecule has 0 unspecified atom stereocenters. The first-order chi connectivity index (χ1) is 8.34. The van der Waals surface area contributed by atoms with Gasteiger partial charge in [0.2, 0.25) is 0 Å². The zero-order chi connectivity index (χ0) is 13.5. The number of rotatable bonds is 3. The average molecular weight is 286 g/mol. The Morgan fingerprint density at radius 2 is 1.89 bits per heavy atom. The maximum atomic E-state index is 9.31. The Hall–Kier alpha value is -0.240. The largest absolute Gasteiger partial charge is 0.392 e. The van der Waals surface area contributed by atoms with Crippen molar-refractivity contribution in [3.63, 3.8) is 0 Å². The number of hydrogen-bond acceptors (Lipinski definition) is 1. The van der Waals surface area contributed by atoms with Gasteiger partial charge in [-0.2, -0.15) is 0 Å². The molecule has 1 aliphatic rings. The van der Waals surface area contributed by atoms with Crippen LogP contribution in [0.2, 0.25) is 10.0 Å². The third-order valence-corrected chi connectivity index (χ3v) is 4.16. The van der Waals surface area contributed by atoms with Crippen LogP contribution in [0, 0.1) is 17.3 Å². The highest BCUT2D eigenvalue weighted by atomic mass is 35.5. The van der Waals surface area contributed by atoms with Crippen LogP contribution >= 0.6 is 23.2 Å². The molecule has 1 N–H and O–H groups in total. The van der Waals surface area contributed by atoms with Gasteiger partial charge in [-0.1, -0.05) is 50.0 Å². The molecule has 3 heteroatoms. The topological polar surface area (TPSA) is 20.2 Å². The highest BCUT2D eigenvalue weighted by molar-refractivity contribution is 6.42. The van der Waals surface area contributed by atoms with E-state index in [0.717, 1.165) is 11.1 Å². The van der Waals surface area contributed by atoms with Crippen LogP contribution < -0.4 is 0 Å². The van der Waals surface area contributed by atoms with E-state index in [4.69, 9.17) is 23.2 Å². The molecule has 1 fully saturated rings. The van der Waals surface area contributed by atoms with Gasteiger partial charge in [0, 0.05) is 5.92 Å². The molecule has 0 saturated heterocycles. The molecular weight excluding hydrogens is 267 g/mol. The second kappa shape index (κ2) is 5.03. The molecule has 0 amide bonds. The van der Waals surface area contributed by atoms with Crippen molar-refractivity contribution in [2.24, 2.45) is 11.3 Å². The minimum absolute atomic E-state index is 0.00796. The van der Waals surface area contributed by atoms with Gasteiger partial charge in [0.05, 0.1) is 16.7 Å². The lowest BCUT2D eigenvalue weighted by Gasteiger charge is -2.32. The highest BCUT2D eigenvalue weighted by Gasteiger charge is 2.41. The van der Waals surface area contributed by atoms with E-state index >= 15 is 0 Å². The first-order valence-electron chi connectivity index (χ1n) is 6.31. The second-order valence-electron chi connectivity index (χ2n) is 6.04. The summed E-state index contributed by atoms with van der Waals surface area (Å²) in [6, 6.07) is 3.72. The number of benzene rings is 1. The SMILES string of the molecule is CC(C)(C)[C](c1cc(CO)cc(Cl)c1Cl)C1CC1. The summed E-state index contributed by atoms with van der Waals surface area (Å²) in [5.74, 6) is 1.98. The highest BCUT2D eigenvalue weighted by Crippen LogP contribution is 2.52. The van der Waals surface area contributed by atoms with Crippen LogP contribution in [0.4, 0.5) is 0 Å². The Morgan fingerprint density at radius 3 is 2.33 bits per heavy atom. The first-order valence-corrected chi connectivity index (χ1v) is 7.06. The fourth-order valence-corrected chi connectivity index (χ4v) is 2.99. The molecule has 1 aromatic rings. The number of halogens is 2. The second-order valence-corrected chi connectivity index (χ2v) is 6.82. The van der Waals surface area contributed by atoms with Crippen LogP contribution in [0.3, 0.4) is 0 Å². The third kappa shape index (κ3) is 2.84. The van der Waals surface area contributed by atoms with Crippen LogP contribution in [-0.4, -0.2) is 5.11 Å². The predicted octanol–water partition coefficient (Wildman–Crippen LogP) is 4.86. The summed E-state index contributed by atoms with van der Waals surface area (Å²) in [7, 11) is 0. The Labute approximate surface area is 119 Å². The molecule has 18 heavy (non-hydrogen) atoms. The van der Waals surface area contributed by atoms with E-state index in [-0.39, 0.29) is 12.0 Å². The summed E-state index contributed by atoms with van der Waals surface area (Å²) >= 11 is 12.5. The first kappa shape index (κ1) is 14.2. The van der Waals surface area contributed by atoms with Gasteiger partial charge in [-0.15, -0.1) is 0 Å².